The van der Waals surface area contributed by atoms with Gasteiger partial charge in [-0.05, 0) is 69.1 Å². The van der Waals surface area contributed by atoms with E-state index in [2.05, 4.69) is 27.9 Å². The first kappa shape index (κ1) is 34.1. The van der Waals surface area contributed by atoms with Gasteiger partial charge in [0.2, 0.25) is 10.0 Å². The molecule has 45 heavy (non-hydrogen) atoms. The summed E-state index contributed by atoms with van der Waals surface area (Å²) in [5.74, 6) is -0.981. The van der Waals surface area contributed by atoms with E-state index in [1.165, 1.54) is 25.2 Å². The lowest BCUT2D eigenvalue weighted by Crippen LogP contribution is -2.50. The fourth-order valence-electron chi connectivity index (χ4n) is 5.53. The number of likely N-dealkylation sites (N-methyl/N-ethyl adjacent to an activating group) is 1. The number of nitrogens with zero attached hydrogens (tertiary/aromatic N) is 2. The Morgan fingerprint density at radius 3 is 2.16 bits per heavy atom. The Bertz CT molecular complexity index is 1540. The molecule has 0 spiro atoms. The van der Waals surface area contributed by atoms with Gasteiger partial charge in [0.15, 0.2) is 0 Å². The minimum atomic E-state index is -3.69. The standard InChI is InChI=1S/C34H45N5O5S/c1-24(26-14-9-6-10-15-26)36-33(41)27-19-28(21-30(20-27)39(3)45(4,43)44)34(42)37-31(18-25-12-7-5-8-13-25)32(40)23-35-22-29-16-11-17-38(29)2/h5-10,12-15,19-21,24,29,31-32,35,40H,11,16-18,22-23H2,1-4H3,(H,36,41)(H,37,42). The molecular formula is C34H45N5O5S. The molecule has 4 atom stereocenters. The van der Waals surface area contributed by atoms with Gasteiger partial charge in [-0.1, -0.05) is 60.7 Å². The maximum absolute atomic E-state index is 13.8. The fourth-order valence-corrected chi connectivity index (χ4v) is 6.02. The van der Waals surface area contributed by atoms with Crippen molar-refractivity contribution in [2.75, 3.05) is 44.3 Å². The van der Waals surface area contributed by atoms with E-state index in [0.29, 0.717) is 12.5 Å². The monoisotopic (exact) mass is 635 g/mol. The largest absolute Gasteiger partial charge is 0.390 e. The molecule has 0 radical (unpaired) electrons. The molecule has 242 valence electrons. The van der Waals surface area contributed by atoms with Crippen LogP contribution in [0, 0.1) is 0 Å². The van der Waals surface area contributed by atoms with E-state index in [4.69, 9.17) is 0 Å². The van der Waals surface area contributed by atoms with E-state index in [9.17, 15) is 23.1 Å². The van der Waals surface area contributed by atoms with Gasteiger partial charge in [0.25, 0.3) is 11.8 Å². The van der Waals surface area contributed by atoms with Crippen molar-refractivity contribution in [3.8, 4) is 0 Å². The summed E-state index contributed by atoms with van der Waals surface area (Å²) in [6.07, 6.45) is 2.78. The molecule has 1 fully saturated rings. The summed E-state index contributed by atoms with van der Waals surface area (Å²) < 4.78 is 25.9. The van der Waals surface area contributed by atoms with Gasteiger partial charge in [-0.25, -0.2) is 8.42 Å². The van der Waals surface area contributed by atoms with Crippen LogP contribution in [0.3, 0.4) is 0 Å². The molecular weight excluding hydrogens is 590 g/mol. The van der Waals surface area contributed by atoms with Crippen LogP contribution in [0.2, 0.25) is 0 Å². The Morgan fingerprint density at radius 1 is 0.978 bits per heavy atom. The highest BCUT2D eigenvalue weighted by Gasteiger charge is 2.26. The van der Waals surface area contributed by atoms with Crippen LogP contribution in [0.25, 0.3) is 0 Å². The number of nitrogens with one attached hydrogen (secondary N) is 3. The van der Waals surface area contributed by atoms with Gasteiger partial charge in [-0.15, -0.1) is 0 Å². The highest BCUT2D eigenvalue weighted by Crippen LogP contribution is 2.22. The summed E-state index contributed by atoms with van der Waals surface area (Å²) >= 11 is 0. The van der Waals surface area contributed by atoms with Crippen molar-refractivity contribution in [2.45, 2.75) is 50.4 Å². The summed E-state index contributed by atoms with van der Waals surface area (Å²) in [4.78, 5) is 29.5. The molecule has 1 aliphatic heterocycles. The summed E-state index contributed by atoms with van der Waals surface area (Å²) in [6.45, 7) is 3.92. The average Bonchev–Trinajstić information content (AvgIpc) is 3.44. The van der Waals surface area contributed by atoms with Gasteiger partial charge in [0.1, 0.15) is 0 Å². The van der Waals surface area contributed by atoms with Crippen LogP contribution in [0.4, 0.5) is 5.69 Å². The number of anilines is 1. The number of carbonyl (C=O) groups excluding carboxylic acids is 2. The number of likely N-dealkylation sites (tertiary alicyclic amines) is 1. The maximum atomic E-state index is 13.8. The Labute approximate surface area is 266 Å². The molecule has 1 heterocycles. The predicted octanol–water partition coefficient (Wildman–Crippen LogP) is 2.96. The minimum Gasteiger partial charge on any atom is -0.390 e. The van der Waals surface area contributed by atoms with Crippen LogP contribution in [-0.2, 0) is 16.4 Å². The van der Waals surface area contributed by atoms with E-state index >= 15 is 0 Å². The maximum Gasteiger partial charge on any atom is 0.251 e. The molecule has 10 nitrogen and oxygen atoms in total. The van der Waals surface area contributed by atoms with Crippen molar-refractivity contribution in [1.82, 2.24) is 20.9 Å². The molecule has 4 rings (SSSR count). The molecule has 4 unspecified atom stereocenters. The Balaban J connectivity index is 1.57. The summed E-state index contributed by atoms with van der Waals surface area (Å²) in [6, 6.07) is 22.8. The first-order valence-corrected chi connectivity index (χ1v) is 17.2. The zero-order valence-corrected chi connectivity index (χ0v) is 27.3. The molecule has 4 N–H and O–H groups in total. The summed E-state index contributed by atoms with van der Waals surface area (Å²) in [5.41, 5.74) is 2.26. The predicted molar refractivity (Wildman–Crippen MR) is 178 cm³/mol. The number of hydrogen-bond acceptors (Lipinski definition) is 7. The lowest BCUT2D eigenvalue weighted by atomic mass is 9.99. The zero-order chi connectivity index (χ0) is 32.6. The molecule has 2 amide bonds. The zero-order valence-electron chi connectivity index (χ0n) is 26.4. The molecule has 1 aliphatic rings. The second kappa shape index (κ2) is 15.5. The lowest BCUT2D eigenvalue weighted by molar-refractivity contribution is 0.0827. The van der Waals surface area contributed by atoms with E-state index in [-0.39, 0.29) is 29.4 Å². The Hall–Kier alpha value is -3.77. The van der Waals surface area contributed by atoms with Crippen molar-refractivity contribution in [2.24, 2.45) is 0 Å². The van der Waals surface area contributed by atoms with Crippen molar-refractivity contribution in [3.05, 3.63) is 101 Å². The number of aliphatic hydroxyl groups excluding tert-OH is 1. The van der Waals surface area contributed by atoms with Crippen LogP contribution in [0.5, 0.6) is 0 Å². The first-order chi connectivity index (χ1) is 21.4. The van der Waals surface area contributed by atoms with Gasteiger partial charge >= 0.3 is 0 Å². The number of amides is 2. The summed E-state index contributed by atoms with van der Waals surface area (Å²) in [7, 11) is -0.219. The smallest absolute Gasteiger partial charge is 0.251 e. The molecule has 0 aromatic heterocycles. The quantitative estimate of drug-likeness (QED) is 0.214. The number of rotatable bonds is 14. The molecule has 0 saturated carbocycles. The highest BCUT2D eigenvalue weighted by molar-refractivity contribution is 7.92. The van der Waals surface area contributed by atoms with Gasteiger partial charge in [0.05, 0.1) is 30.1 Å². The second-order valence-corrected chi connectivity index (χ2v) is 13.9. The van der Waals surface area contributed by atoms with Crippen molar-refractivity contribution in [3.63, 3.8) is 0 Å². The summed E-state index contributed by atoms with van der Waals surface area (Å²) in [5, 5.41) is 20.5. The Kier molecular flexibility index (Phi) is 11.7. The second-order valence-electron chi connectivity index (χ2n) is 11.9. The van der Waals surface area contributed by atoms with E-state index in [1.54, 1.807) is 0 Å². The number of aliphatic hydroxyl groups is 1. The van der Waals surface area contributed by atoms with Gasteiger partial charge in [-0.2, -0.15) is 0 Å². The third-order valence-electron chi connectivity index (χ3n) is 8.43. The lowest BCUT2D eigenvalue weighted by Gasteiger charge is -2.27. The number of benzene rings is 3. The number of hydrogen-bond donors (Lipinski definition) is 4. The topological polar surface area (TPSA) is 131 Å². The molecule has 0 bridgehead atoms. The van der Waals surface area contributed by atoms with E-state index in [1.807, 2.05) is 67.6 Å². The van der Waals surface area contributed by atoms with Crippen LogP contribution in [0.1, 0.15) is 57.7 Å². The molecule has 3 aromatic rings. The van der Waals surface area contributed by atoms with Gasteiger partial charge in [0, 0.05) is 37.3 Å². The van der Waals surface area contributed by atoms with Crippen LogP contribution in [-0.4, -0.2) is 88.4 Å². The van der Waals surface area contributed by atoms with Crippen LogP contribution >= 0.6 is 0 Å². The number of sulfonamides is 1. The van der Waals surface area contributed by atoms with Crippen molar-refractivity contribution < 1.29 is 23.1 Å². The van der Waals surface area contributed by atoms with E-state index in [0.717, 1.165) is 47.6 Å². The SMILES string of the molecule is CC(NC(=O)c1cc(C(=O)NC(Cc2ccccc2)C(O)CNCC2CCCN2C)cc(N(C)S(C)(=O)=O)c1)c1ccccc1. The van der Waals surface area contributed by atoms with Crippen LogP contribution in [0.15, 0.2) is 78.9 Å². The molecule has 11 heteroatoms. The molecule has 0 aliphatic carbocycles. The third-order valence-corrected chi connectivity index (χ3v) is 9.64. The normalized spacial score (nSPS) is 17.3. The fraction of sp³-hybridized carbons (Fsp3) is 0.412. The van der Waals surface area contributed by atoms with Gasteiger partial charge in [-0.3, -0.25) is 13.9 Å². The average molecular weight is 636 g/mol. The molecule has 3 aromatic carbocycles. The first-order valence-electron chi connectivity index (χ1n) is 15.3. The Morgan fingerprint density at radius 2 is 1.58 bits per heavy atom. The third kappa shape index (κ3) is 9.61. The van der Waals surface area contributed by atoms with Crippen LogP contribution < -0.4 is 20.3 Å². The van der Waals surface area contributed by atoms with Crippen molar-refractivity contribution in [1.29, 1.82) is 0 Å². The van der Waals surface area contributed by atoms with E-state index < -0.39 is 34.0 Å². The minimum absolute atomic E-state index is 0.103. The molecule has 1 saturated heterocycles. The van der Waals surface area contributed by atoms with Gasteiger partial charge < -0.3 is 26.0 Å². The number of carbonyl (C=O) groups is 2. The van der Waals surface area contributed by atoms with Crippen molar-refractivity contribution >= 4 is 27.5 Å². The highest BCUT2D eigenvalue weighted by atomic mass is 32.2.